The minimum Gasteiger partial charge on any atom is -0.472 e. The van der Waals surface area contributed by atoms with Gasteiger partial charge in [0, 0.05) is 5.56 Å². The average molecular weight is 310 g/mol. The highest BCUT2D eigenvalue weighted by molar-refractivity contribution is 8.18. The van der Waals surface area contributed by atoms with E-state index >= 15 is 0 Å². The number of imide groups is 1. The molecule has 1 aliphatic heterocycles. The second-order valence-corrected chi connectivity index (χ2v) is 5.59. The number of benzene rings is 1. The lowest BCUT2D eigenvalue weighted by molar-refractivity contribution is -0.123. The normalized spacial score (nSPS) is 16.3. The maximum atomic E-state index is 12.3. The molecular formula is C16H10N2O3S. The monoisotopic (exact) mass is 310 g/mol. The van der Waals surface area contributed by atoms with Crippen LogP contribution in [0.5, 0.6) is 0 Å². The second-order valence-electron chi connectivity index (χ2n) is 4.59. The molecule has 0 unspecified atom stereocenters. The van der Waals surface area contributed by atoms with E-state index in [1.807, 2.05) is 0 Å². The van der Waals surface area contributed by atoms with Gasteiger partial charge in [0.15, 0.2) is 0 Å². The lowest BCUT2D eigenvalue weighted by Gasteiger charge is -2.13. The minimum absolute atomic E-state index is 0.0944. The van der Waals surface area contributed by atoms with Gasteiger partial charge in [-0.3, -0.25) is 14.5 Å². The molecule has 2 amide bonds. The van der Waals surface area contributed by atoms with E-state index in [9.17, 15) is 9.59 Å². The highest BCUT2D eigenvalue weighted by atomic mass is 32.2. The molecule has 0 bridgehead atoms. The van der Waals surface area contributed by atoms with E-state index < -0.39 is 0 Å². The number of carbonyl (C=O) groups is 2. The summed E-state index contributed by atoms with van der Waals surface area (Å²) in [7, 11) is 0. The number of hydrogen-bond acceptors (Lipinski definition) is 5. The molecule has 1 saturated heterocycles. The van der Waals surface area contributed by atoms with Gasteiger partial charge in [-0.25, -0.2) is 0 Å². The van der Waals surface area contributed by atoms with E-state index in [1.54, 1.807) is 36.4 Å². The lowest BCUT2D eigenvalue weighted by atomic mass is 10.1. The molecule has 2 aromatic rings. The maximum absolute atomic E-state index is 12.3. The van der Waals surface area contributed by atoms with E-state index in [-0.39, 0.29) is 17.7 Å². The second kappa shape index (κ2) is 5.92. The summed E-state index contributed by atoms with van der Waals surface area (Å²) < 4.78 is 4.94. The van der Waals surface area contributed by atoms with Crippen molar-refractivity contribution in [1.82, 2.24) is 4.90 Å². The van der Waals surface area contributed by atoms with Crippen molar-refractivity contribution in [2.45, 2.75) is 6.54 Å². The fourth-order valence-electron chi connectivity index (χ4n) is 2.08. The van der Waals surface area contributed by atoms with E-state index in [4.69, 9.17) is 9.68 Å². The third-order valence-electron chi connectivity index (χ3n) is 3.18. The van der Waals surface area contributed by atoms with Crippen molar-refractivity contribution in [2.75, 3.05) is 0 Å². The summed E-state index contributed by atoms with van der Waals surface area (Å²) in [5.41, 5.74) is 1.83. The predicted octanol–water partition coefficient (Wildman–Crippen LogP) is 3.39. The summed E-state index contributed by atoms with van der Waals surface area (Å²) in [6.45, 7) is 0.0944. The number of carbonyl (C=O) groups excluding carboxylic acids is 2. The number of furan rings is 1. The Morgan fingerprint density at radius 3 is 2.82 bits per heavy atom. The summed E-state index contributed by atoms with van der Waals surface area (Å²) in [5.74, 6) is -0.357. The molecule has 1 aliphatic rings. The molecule has 0 saturated carbocycles. The molecule has 0 aliphatic carbocycles. The zero-order valence-electron chi connectivity index (χ0n) is 11.4. The van der Waals surface area contributed by atoms with E-state index in [0.29, 0.717) is 16.0 Å². The van der Waals surface area contributed by atoms with Crippen molar-refractivity contribution in [1.29, 1.82) is 5.26 Å². The number of nitrogens with zero attached hydrogens (tertiary/aromatic N) is 2. The zero-order chi connectivity index (χ0) is 15.5. The van der Waals surface area contributed by atoms with Crippen LogP contribution in [0.15, 0.2) is 52.2 Å². The van der Waals surface area contributed by atoms with Gasteiger partial charge in [0.2, 0.25) is 0 Å². The molecule has 22 heavy (non-hydrogen) atoms. The summed E-state index contributed by atoms with van der Waals surface area (Å²) >= 11 is 0.887. The van der Waals surface area contributed by atoms with Crippen molar-refractivity contribution in [3.8, 4) is 6.07 Å². The highest BCUT2D eigenvalue weighted by Crippen LogP contribution is 2.33. The van der Waals surface area contributed by atoms with Gasteiger partial charge >= 0.3 is 0 Å². The van der Waals surface area contributed by atoms with Crippen LogP contribution in [-0.2, 0) is 11.3 Å². The summed E-state index contributed by atoms with van der Waals surface area (Å²) in [6.07, 6.45) is 4.61. The van der Waals surface area contributed by atoms with Crippen LogP contribution in [0.4, 0.5) is 4.79 Å². The van der Waals surface area contributed by atoms with Crippen molar-refractivity contribution in [2.24, 2.45) is 0 Å². The number of thioether (sulfide) groups is 1. The Morgan fingerprint density at radius 2 is 2.09 bits per heavy atom. The molecular weight excluding hydrogens is 300 g/mol. The van der Waals surface area contributed by atoms with Crippen LogP contribution in [0, 0.1) is 11.3 Å². The maximum Gasteiger partial charge on any atom is 0.293 e. The Labute approximate surface area is 130 Å². The van der Waals surface area contributed by atoms with Crippen LogP contribution in [0.3, 0.4) is 0 Å². The third kappa shape index (κ3) is 2.67. The van der Waals surface area contributed by atoms with Gasteiger partial charge in [0.1, 0.15) is 0 Å². The van der Waals surface area contributed by atoms with Crippen LogP contribution in [0.1, 0.15) is 16.7 Å². The molecule has 6 heteroatoms. The SMILES string of the molecule is N#Cc1ccccc1CN1C(=O)S/C(=C/c2ccoc2)C1=O. The first-order valence-corrected chi connectivity index (χ1v) is 7.26. The van der Waals surface area contributed by atoms with E-state index in [0.717, 1.165) is 22.2 Å². The molecule has 108 valence electrons. The predicted molar refractivity (Wildman–Crippen MR) is 81.4 cm³/mol. The molecule has 1 aromatic heterocycles. The Hall–Kier alpha value is -2.78. The van der Waals surface area contributed by atoms with Crippen LogP contribution < -0.4 is 0 Å². The molecule has 0 spiro atoms. The topological polar surface area (TPSA) is 74.3 Å². The molecule has 1 fully saturated rings. The van der Waals surface area contributed by atoms with Gasteiger partial charge in [-0.15, -0.1) is 0 Å². The van der Waals surface area contributed by atoms with Crippen molar-refractivity contribution >= 4 is 29.0 Å². The Balaban J connectivity index is 1.85. The van der Waals surface area contributed by atoms with Crippen molar-refractivity contribution in [3.05, 3.63) is 64.5 Å². The Kier molecular flexibility index (Phi) is 3.81. The summed E-state index contributed by atoms with van der Waals surface area (Å²) in [4.78, 5) is 25.9. The summed E-state index contributed by atoms with van der Waals surface area (Å²) in [5, 5.41) is 8.74. The third-order valence-corrected chi connectivity index (χ3v) is 4.09. The van der Waals surface area contributed by atoms with Gasteiger partial charge in [-0.1, -0.05) is 18.2 Å². The van der Waals surface area contributed by atoms with Crippen LogP contribution in [0.25, 0.3) is 6.08 Å². The first-order valence-electron chi connectivity index (χ1n) is 6.44. The number of rotatable bonds is 3. The van der Waals surface area contributed by atoms with Gasteiger partial charge in [0.05, 0.1) is 35.6 Å². The smallest absolute Gasteiger partial charge is 0.293 e. The lowest BCUT2D eigenvalue weighted by Crippen LogP contribution is -2.27. The molecule has 3 rings (SSSR count). The van der Waals surface area contributed by atoms with E-state index in [2.05, 4.69) is 6.07 Å². The zero-order valence-corrected chi connectivity index (χ0v) is 12.2. The number of nitriles is 1. The Morgan fingerprint density at radius 1 is 1.27 bits per heavy atom. The largest absolute Gasteiger partial charge is 0.472 e. The molecule has 2 heterocycles. The standard InChI is InChI=1S/C16H10N2O3S/c17-8-12-3-1-2-4-13(12)9-18-15(19)14(22-16(18)20)7-11-5-6-21-10-11/h1-7,10H,9H2/b14-7+. The van der Waals surface area contributed by atoms with Gasteiger partial charge in [-0.05, 0) is 35.5 Å². The minimum atomic E-state index is -0.357. The van der Waals surface area contributed by atoms with Crippen LogP contribution in [-0.4, -0.2) is 16.0 Å². The summed E-state index contributed by atoms with van der Waals surface area (Å²) in [6, 6.07) is 10.7. The molecule has 5 nitrogen and oxygen atoms in total. The number of hydrogen-bond donors (Lipinski definition) is 0. The van der Waals surface area contributed by atoms with Crippen molar-refractivity contribution in [3.63, 3.8) is 0 Å². The first kappa shape index (κ1) is 14.2. The fraction of sp³-hybridized carbons (Fsp3) is 0.0625. The first-order chi connectivity index (χ1) is 10.7. The quantitative estimate of drug-likeness (QED) is 0.812. The van der Waals surface area contributed by atoms with E-state index in [1.165, 1.54) is 12.5 Å². The molecule has 0 N–H and O–H groups in total. The van der Waals surface area contributed by atoms with Crippen LogP contribution in [0.2, 0.25) is 0 Å². The number of amides is 2. The molecule has 0 radical (unpaired) electrons. The fourth-order valence-corrected chi connectivity index (χ4v) is 2.92. The van der Waals surface area contributed by atoms with Crippen molar-refractivity contribution < 1.29 is 14.0 Å². The highest BCUT2D eigenvalue weighted by Gasteiger charge is 2.35. The van der Waals surface area contributed by atoms with Gasteiger partial charge in [0.25, 0.3) is 11.1 Å². The van der Waals surface area contributed by atoms with Gasteiger partial charge < -0.3 is 4.42 Å². The molecule has 1 aromatic carbocycles. The molecule has 0 atom stereocenters. The average Bonchev–Trinajstić information content (AvgIpc) is 3.12. The van der Waals surface area contributed by atoms with Crippen LogP contribution >= 0.6 is 11.8 Å². The van der Waals surface area contributed by atoms with Gasteiger partial charge in [-0.2, -0.15) is 5.26 Å². The Bertz CT molecular complexity index is 803.